The van der Waals surface area contributed by atoms with Gasteiger partial charge in [0.2, 0.25) is 5.91 Å². The third-order valence-corrected chi connectivity index (χ3v) is 5.63. The summed E-state index contributed by atoms with van der Waals surface area (Å²) in [5, 5.41) is 2.93. The fourth-order valence-corrected chi connectivity index (χ4v) is 3.90. The van der Waals surface area contributed by atoms with Crippen molar-refractivity contribution in [3.63, 3.8) is 0 Å². The first-order chi connectivity index (χ1) is 11.5. The number of anilines is 2. The predicted octanol–water partition coefficient (Wildman–Crippen LogP) is 3.07. The zero-order chi connectivity index (χ0) is 17.3. The molecular formula is C18H23N3O2S. The van der Waals surface area contributed by atoms with E-state index in [1.807, 2.05) is 26.8 Å². The number of carbonyl (C=O) groups is 1. The fraction of sp³-hybridized carbons (Fsp3) is 0.444. The molecule has 0 spiro atoms. The number of carbonyl (C=O) groups excluding carboxylic acids is 1. The van der Waals surface area contributed by atoms with Crippen LogP contribution in [0.15, 0.2) is 23.0 Å². The monoisotopic (exact) mass is 345 g/mol. The summed E-state index contributed by atoms with van der Waals surface area (Å²) in [5.74, 6) is -0.171. The number of thiazole rings is 1. The quantitative estimate of drug-likeness (QED) is 0.926. The van der Waals surface area contributed by atoms with Crippen LogP contribution in [0.1, 0.15) is 29.0 Å². The van der Waals surface area contributed by atoms with Crippen molar-refractivity contribution in [1.29, 1.82) is 0 Å². The summed E-state index contributed by atoms with van der Waals surface area (Å²) in [4.78, 5) is 27.5. The fourth-order valence-electron chi connectivity index (χ4n) is 3.06. The van der Waals surface area contributed by atoms with Gasteiger partial charge in [0.15, 0.2) is 0 Å². The van der Waals surface area contributed by atoms with Crippen LogP contribution in [0.4, 0.5) is 11.4 Å². The second-order valence-electron chi connectivity index (χ2n) is 6.34. The van der Waals surface area contributed by atoms with E-state index in [9.17, 15) is 9.59 Å². The second-order valence-corrected chi connectivity index (χ2v) is 7.50. The van der Waals surface area contributed by atoms with E-state index in [4.69, 9.17) is 0 Å². The number of aryl methyl sites for hydroxylation is 2. The second kappa shape index (κ2) is 6.81. The Balaban J connectivity index is 1.71. The number of hydrogen-bond acceptors (Lipinski definition) is 4. The molecule has 0 unspecified atom stereocenters. The molecule has 1 aromatic carbocycles. The minimum absolute atomic E-state index is 0.0579. The molecule has 2 heterocycles. The van der Waals surface area contributed by atoms with Gasteiger partial charge < -0.3 is 10.2 Å². The average Bonchev–Trinajstić information content (AvgIpc) is 3.14. The number of nitrogens with zero attached hydrogens (tertiary/aromatic N) is 2. The summed E-state index contributed by atoms with van der Waals surface area (Å²) in [6.07, 6.45) is 2.48. The summed E-state index contributed by atoms with van der Waals surface area (Å²) in [6, 6.07) is 6.13. The van der Waals surface area contributed by atoms with Gasteiger partial charge in [-0.15, -0.1) is 0 Å². The van der Waals surface area contributed by atoms with Gasteiger partial charge in [0.1, 0.15) is 6.54 Å². The van der Waals surface area contributed by atoms with Crippen molar-refractivity contribution >= 4 is 28.6 Å². The maximum absolute atomic E-state index is 12.3. The Kier molecular flexibility index (Phi) is 4.76. The zero-order valence-corrected chi connectivity index (χ0v) is 15.2. The number of amides is 1. The molecule has 1 aliphatic heterocycles. The minimum Gasteiger partial charge on any atom is -0.372 e. The lowest BCUT2D eigenvalue weighted by molar-refractivity contribution is -0.116. The van der Waals surface area contributed by atoms with E-state index in [1.54, 1.807) is 0 Å². The SMILES string of the molecule is Cc1cc(N2CCCC2)ccc1NC(=O)Cn1c(C)c(C)sc1=O. The van der Waals surface area contributed by atoms with E-state index < -0.39 is 0 Å². The van der Waals surface area contributed by atoms with E-state index in [0.29, 0.717) is 0 Å². The molecule has 0 saturated carbocycles. The largest absolute Gasteiger partial charge is 0.372 e. The van der Waals surface area contributed by atoms with Gasteiger partial charge in [0.25, 0.3) is 0 Å². The van der Waals surface area contributed by atoms with Gasteiger partial charge in [-0.2, -0.15) is 0 Å². The molecule has 1 N–H and O–H groups in total. The van der Waals surface area contributed by atoms with E-state index in [1.165, 1.54) is 34.4 Å². The third kappa shape index (κ3) is 3.38. The Labute approximate surface area is 145 Å². The lowest BCUT2D eigenvalue weighted by atomic mass is 10.1. The smallest absolute Gasteiger partial charge is 0.308 e. The van der Waals surface area contributed by atoms with Gasteiger partial charge in [-0.1, -0.05) is 11.3 Å². The molecule has 1 aliphatic rings. The highest BCUT2D eigenvalue weighted by Gasteiger charge is 2.15. The van der Waals surface area contributed by atoms with E-state index in [0.717, 1.165) is 34.9 Å². The summed E-state index contributed by atoms with van der Waals surface area (Å²) < 4.78 is 1.53. The molecule has 1 saturated heterocycles. The molecule has 0 atom stereocenters. The molecule has 3 rings (SSSR count). The first-order valence-electron chi connectivity index (χ1n) is 8.28. The number of aromatic nitrogens is 1. The molecule has 1 fully saturated rings. The highest BCUT2D eigenvalue weighted by atomic mass is 32.1. The van der Waals surface area contributed by atoms with Crippen molar-refractivity contribution in [3.05, 3.63) is 44.0 Å². The third-order valence-electron chi connectivity index (χ3n) is 4.63. The molecule has 24 heavy (non-hydrogen) atoms. The molecule has 1 amide bonds. The molecule has 0 aliphatic carbocycles. The van der Waals surface area contributed by atoms with Crippen molar-refractivity contribution in [3.8, 4) is 0 Å². The van der Waals surface area contributed by atoms with E-state index in [2.05, 4.69) is 22.3 Å². The lowest BCUT2D eigenvalue weighted by Gasteiger charge is -2.19. The Bertz CT molecular complexity index is 816. The zero-order valence-electron chi connectivity index (χ0n) is 14.4. The Hall–Kier alpha value is -2.08. The summed E-state index contributed by atoms with van der Waals surface area (Å²) >= 11 is 1.19. The highest BCUT2D eigenvalue weighted by molar-refractivity contribution is 7.09. The Morgan fingerprint density at radius 3 is 2.50 bits per heavy atom. The first kappa shape index (κ1) is 16.8. The molecular weight excluding hydrogens is 322 g/mol. The van der Waals surface area contributed by atoms with Crippen LogP contribution in [0, 0.1) is 20.8 Å². The van der Waals surface area contributed by atoms with Crippen molar-refractivity contribution in [2.24, 2.45) is 0 Å². The van der Waals surface area contributed by atoms with E-state index >= 15 is 0 Å². The highest BCUT2D eigenvalue weighted by Crippen LogP contribution is 2.25. The van der Waals surface area contributed by atoms with Crippen LogP contribution in [0.3, 0.4) is 0 Å². The molecule has 2 aromatic rings. The van der Waals surface area contributed by atoms with Crippen LogP contribution in [-0.4, -0.2) is 23.6 Å². The summed E-state index contributed by atoms with van der Waals surface area (Å²) in [5.41, 5.74) is 3.92. The predicted molar refractivity (Wildman–Crippen MR) is 99.3 cm³/mol. The number of hydrogen-bond donors (Lipinski definition) is 1. The van der Waals surface area contributed by atoms with Crippen molar-refractivity contribution in [2.75, 3.05) is 23.3 Å². The van der Waals surface area contributed by atoms with Gasteiger partial charge in [0.05, 0.1) is 0 Å². The molecule has 6 heteroatoms. The van der Waals surface area contributed by atoms with E-state index in [-0.39, 0.29) is 17.3 Å². The van der Waals surface area contributed by atoms with Crippen LogP contribution in [0.25, 0.3) is 0 Å². The van der Waals surface area contributed by atoms with Gasteiger partial charge in [-0.3, -0.25) is 14.2 Å². The Morgan fingerprint density at radius 2 is 1.92 bits per heavy atom. The van der Waals surface area contributed by atoms with Crippen LogP contribution in [0.5, 0.6) is 0 Å². The van der Waals surface area contributed by atoms with Gasteiger partial charge in [-0.05, 0) is 57.4 Å². The Morgan fingerprint density at radius 1 is 1.21 bits per heavy atom. The summed E-state index contributed by atoms with van der Waals surface area (Å²) in [6.45, 7) is 8.03. The molecule has 128 valence electrons. The van der Waals surface area contributed by atoms with Gasteiger partial charge >= 0.3 is 4.87 Å². The van der Waals surface area contributed by atoms with Crippen LogP contribution < -0.4 is 15.1 Å². The average molecular weight is 345 g/mol. The topological polar surface area (TPSA) is 54.3 Å². The summed E-state index contributed by atoms with van der Waals surface area (Å²) in [7, 11) is 0. The number of rotatable bonds is 4. The lowest BCUT2D eigenvalue weighted by Crippen LogP contribution is -2.25. The van der Waals surface area contributed by atoms with Crippen LogP contribution in [-0.2, 0) is 11.3 Å². The maximum Gasteiger partial charge on any atom is 0.308 e. The van der Waals surface area contributed by atoms with Crippen molar-refractivity contribution in [1.82, 2.24) is 4.57 Å². The van der Waals surface area contributed by atoms with Gasteiger partial charge in [-0.25, -0.2) is 0 Å². The molecule has 5 nitrogen and oxygen atoms in total. The first-order valence-corrected chi connectivity index (χ1v) is 9.09. The van der Waals surface area contributed by atoms with Crippen LogP contribution in [0.2, 0.25) is 0 Å². The minimum atomic E-state index is -0.171. The maximum atomic E-state index is 12.3. The molecule has 0 radical (unpaired) electrons. The normalized spacial score (nSPS) is 14.2. The number of benzene rings is 1. The van der Waals surface area contributed by atoms with Crippen molar-refractivity contribution < 1.29 is 4.79 Å². The number of nitrogens with one attached hydrogen (secondary N) is 1. The van der Waals surface area contributed by atoms with Crippen molar-refractivity contribution in [2.45, 2.75) is 40.2 Å². The van der Waals surface area contributed by atoms with Gasteiger partial charge in [0, 0.05) is 35.0 Å². The standard InChI is InChI=1S/C18H23N3O2S/c1-12-10-15(20-8-4-5-9-20)6-7-16(12)19-17(22)11-21-13(2)14(3)24-18(21)23/h6-7,10H,4-5,8-9,11H2,1-3H3,(H,19,22). The molecule has 1 aromatic heterocycles. The van der Waals surface area contributed by atoms with Crippen LogP contribution >= 0.6 is 11.3 Å². The molecule has 0 bridgehead atoms.